The quantitative estimate of drug-likeness (QED) is 0.643. The summed E-state index contributed by atoms with van der Waals surface area (Å²) in [7, 11) is 0. The van der Waals surface area contributed by atoms with Gasteiger partial charge in [0.1, 0.15) is 10.1 Å². The van der Waals surface area contributed by atoms with Crippen molar-refractivity contribution in [3.8, 4) is 0 Å². The van der Waals surface area contributed by atoms with Crippen LogP contribution in [0.1, 0.15) is 12.8 Å². The molecule has 1 N–H and O–H groups in total. The summed E-state index contributed by atoms with van der Waals surface area (Å²) in [6, 6.07) is 1.66. The van der Waals surface area contributed by atoms with Gasteiger partial charge in [-0.3, -0.25) is 0 Å². The Hall–Kier alpha value is -0.900. The molecule has 0 saturated heterocycles. The van der Waals surface area contributed by atoms with Crippen molar-refractivity contribution in [1.29, 1.82) is 0 Å². The SMILES string of the molecule is S=C(Nc1cc(Cl)ncc1Cl)C1=CCCC=C1. The van der Waals surface area contributed by atoms with E-state index < -0.39 is 0 Å². The van der Waals surface area contributed by atoms with Gasteiger partial charge in [0.25, 0.3) is 0 Å². The fourth-order valence-corrected chi connectivity index (χ4v) is 2.06. The van der Waals surface area contributed by atoms with Gasteiger partial charge in [-0.1, -0.05) is 53.6 Å². The predicted octanol–water partition coefficient (Wildman–Crippen LogP) is 4.40. The van der Waals surface area contributed by atoms with Crippen LogP contribution >= 0.6 is 35.4 Å². The minimum Gasteiger partial charge on any atom is -0.345 e. The van der Waals surface area contributed by atoms with Gasteiger partial charge in [-0.25, -0.2) is 4.98 Å². The van der Waals surface area contributed by atoms with Crippen LogP contribution < -0.4 is 5.32 Å². The van der Waals surface area contributed by atoms with Crippen LogP contribution in [0.25, 0.3) is 0 Å². The van der Waals surface area contributed by atoms with Crippen LogP contribution in [0.3, 0.4) is 0 Å². The zero-order chi connectivity index (χ0) is 12.3. The van der Waals surface area contributed by atoms with E-state index in [1.165, 1.54) is 6.20 Å². The number of thiocarbonyl (C=S) groups is 1. The number of pyridine rings is 1. The van der Waals surface area contributed by atoms with E-state index in [2.05, 4.69) is 22.5 Å². The second-order valence-corrected chi connectivity index (χ2v) is 4.78. The lowest BCUT2D eigenvalue weighted by atomic mass is 10.1. The van der Waals surface area contributed by atoms with E-state index in [0.717, 1.165) is 18.4 Å². The van der Waals surface area contributed by atoms with Crippen LogP contribution in [0.2, 0.25) is 10.2 Å². The molecular formula is C12H10Cl2N2S. The third-order valence-corrected chi connectivity index (χ3v) is 3.17. The fourth-order valence-electron chi connectivity index (χ4n) is 1.49. The molecule has 0 bridgehead atoms. The smallest absolute Gasteiger partial charge is 0.131 e. The van der Waals surface area contributed by atoms with E-state index >= 15 is 0 Å². The highest BCUT2D eigenvalue weighted by Gasteiger charge is 2.08. The Morgan fingerprint density at radius 2 is 2.18 bits per heavy atom. The van der Waals surface area contributed by atoms with E-state index in [-0.39, 0.29) is 0 Å². The normalized spacial score (nSPS) is 14.4. The molecule has 88 valence electrons. The highest BCUT2D eigenvalue weighted by molar-refractivity contribution is 7.81. The molecule has 0 unspecified atom stereocenters. The summed E-state index contributed by atoms with van der Waals surface area (Å²) in [5, 5.41) is 3.96. The van der Waals surface area contributed by atoms with Gasteiger partial charge in [0.2, 0.25) is 0 Å². The maximum absolute atomic E-state index is 6.00. The number of nitrogens with one attached hydrogen (secondary N) is 1. The average molecular weight is 285 g/mol. The Labute approximate surface area is 115 Å². The molecule has 5 heteroatoms. The average Bonchev–Trinajstić information content (AvgIpc) is 2.35. The summed E-state index contributed by atoms with van der Waals surface area (Å²) < 4.78 is 0. The first-order valence-electron chi connectivity index (χ1n) is 5.16. The molecule has 0 radical (unpaired) electrons. The molecule has 1 aromatic rings. The first-order chi connectivity index (χ1) is 8.16. The van der Waals surface area contributed by atoms with Gasteiger partial charge in [-0.05, 0) is 12.8 Å². The second-order valence-electron chi connectivity index (χ2n) is 3.58. The van der Waals surface area contributed by atoms with Crippen molar-refractivity contribution >= 4 is 46.1 Å². The van der Waals surface area contributed by atoms with Crippen molar-refractivity contribution in [2.75, 3.05) is 5.32 Å². The Kier molecular flexibility index (Phi) is 4.15. The van der Waals surface area contributed by atoms with Crippen LogP contribution in [0.15, 0.2) is 36.1 Å². The van der Waals surface area contributed by atoms with E-state index in [4.69, 9.17) is 35.4 Å². The Balaban J connectivity index is 2.15. The molecular weight excluding hydrogens is 275 g/mol. The Morgan fingerprint density at radius 3 is 2.88 bits per heavy atom. The Morgan fingerprint density at radius 1 is 1.35 bits per heavy atom. The summed E-state index contributed by atoms with van der Waals surface area (Å²) in [4.78, 5) is 4.52. The van der Waals surface area contributed by atoms with Gasteiger partial charge in [-0.15, -0.1) is 0 Å². The van der Waals surface area contributed by atoms with Crippen LogP contribution in [-0.4, -0.2) is 9.97 Å². The van der Waals surface area contributed by atoms with E-state index in [1.807, 2.05) is 6.08 Å². The molecule has 2 nitrogen and oxygen atoms in total. The maximum atomic E-state index is 6.00. The number of allylic oxidation sites excluding steroid dienone is 2. The summed E-state index contributed by atoms with van der Waals surface area (Å²) in [6.45, 7) is 0. The van der Waals surface area contributed by atoms with Gasteiger partial charge >= 0.3 is 0 Å². The molecule has 1 aromatic heterocycles. The Bertz CT molecular complexity index is 509. The third-order valence-electron chi connectivity index (χ3n) is 2.33. The molecule has 0 spiro atoms. The van der Waals surface area contributed by atoms with Gasteiger partial charge in [-0.2, -0.15) is 0 Å². The fraction of sp³-hybridized carbons (Fsp3) is 0.167. The molecule has 1 heterocycles. The topological polar surface area (TPSA) is 24.9 Å². The van der Waals surface area contributed by atoms with Crippen molar-refractivity contribution in [1.82, 2.24) is 4.98 Å². The molecule has 0 atom stereocenters. The number of hydrogen-bond donors (Lipinski definition) is 1. The zero-order valence-electron chi connectivity index (χ0n) is 8.91. The van der Waals surface area contributed by atoms with Gasteiger partial charge in [0.15, 0.2) is 0 Å². The lowest BCUT2D eigenvalue weighted by molar-refractivity contribution is 1.03. The van der Waals surface area contributed by atoms with Crippen molar-refractivity contribution in [2.24, 2.45) is 0 Å². The number of aromatic nitrogens is 1. The van der Waals surface area contributed by atoms with Crippen LogP contribution in [0, 0.1) is 0 Å². The van der Waals surface area contributed by atoms with Gasteiger partial charge in [0, 0.05) is 17.8 Å². The molecule has 0 saturated carbocycles. The predicted molar refractivity (Wildman–Crippen MR) is 76.9 cm³/mol. The first-order valence-corrected chi connectivity index (χ1v) is 6.32. The summed E-state index contributed by atoms with van der Waals surface area (Å²) >= 11 is 17.1. The molecule has 1 aliphatic rings. The minimum absolute atomic E-state index is 0.382. The third kappa shape index (κ3) is 3.28. The summed E-state index contributed by atoms with van der Waals surface area (Å²) in [6.07, 6.45) is 9.79. The highest BCUT2D eigenvalue weighted by Crippen LogP contribution is 2.24. The zero-order valence-corrected chi connectivity index (χ0v) is 11.2. The number of rotatable bonds is 2. The lowest BCUT2D eigenvalue weighted by Crippen LogP contribution is -2.12. The van der Waals surface area contributed by atoms with Crippen LogP contribution in [0.5, 0.6) is 0 Å². The molecule has 1 aliphatic carbocycles. The number of anilines is 1. The van der Waals surface area contributed by atoms with Crippen molar-refractivity contribution in [3.63, 3.8) is 0 Å². The minimum atomic E-state index is 0.382. The van der Waals surface area contributed by atoms with E-state index in [1.54, 1.807) is 6.07 Å². The van der Waals surface area contributed by atoms with Crippen molar-refractivity contribution < 1.29 is 0 Å². The highest BCUT2D eigenvalue weighted by atomic mass is 35.5. The summed E-state index contributed by atoms with van der Waals surface area (Å²) in [5.74, 6) is 0. The molecule has 0 aliphatic heterocycles. The number of nitrogens with zero attached hydrogens (tertiary/aromatic N) is 1. The largest absolute Gasteiger partial charge is 0.345 e. The van der Waals surface area contributed by atoms with Crippen molar-refractivity contribution in [3.05, 3.63) is 46.2 Å². The monoisotopic (exact) mass is 284 g/mol. The molecule has 2 rings (SSSR count). The summed E-state index contributed by atoms with van der Waals surface area (Å²) in [5.41, 5.74) is 1.69. The molecule has 0 amide bonds. The molecule has 0 fully saturated rings. The first kappa shape index (κ1) is 12.6. The van der Waals surface area contributed by atoms with E-state index in [9.17, 15) is 0 Å². The second kappa shape index (κ2) is 5.63. The molecule has 17 heavy (non-hydrogen) atoms. The van der Waals surface area contributed by atoms with Crippen LogP contribution in [0.4, 0.5) is 5.69 Å². The van der Waals surface area contributed by atoms with Gasteiger partial charge < -0.3 is 5.32 Å². The van der Waals surface area contributed by atoms with Gasteiger partial charge in [0.05, 0.1) is 10.7 Å². The standard InChI is InChI=1S/C12H10Cl2N2S/c13-9-7-15-11(14)6-10(9)16-12(17)8-4-2-1-3-5-8/h2,4-7H,1,3H2,(H,15,16,17). The van der Waals surface area contributed by atoms with E-state index in [0.29, 0.717) is 20.9 Å². The maximum Gasteiger partial charge on any atom is 0.131 e. The number of hydrogen-bond acceptors (Lipinski definition) is 2. The lowest BCUT2D eigenvalue weighted by Gasteiger charge is -2.12. The van der Waals surface area contributed by atoms with Crippen molar-refractivity contribution in [2.45, 2.75) is 12.8 Å². The molecule has 0 aromatic carbocycles. The van der Waals surface area contributed by atoms with Crippen LogP contribution in [-0.2, 0) is 0 Å². The number of halogens is 2.